The van der Waals surface area contributed by atoms with Crippen molar-refractivity contribution in [2.45, 2.75) is 6.18 Å². The smallest absolute Gasteiger partial charge is 0.416 e. The highest BCUT2D eigenvalue weighted by Gasteiger charge is 2.31. The molecule has 1 N–H and O–H groups in total. The Morgan fingerprint density at radius 2 is 1.83 bits per heavy atom. The van der Waals surface area contributed by atoms with Crippen LogP contribution in [-0.2, 0) is 16.2 Å². The molecule has 0 atom stereocenters. The first-order valence-electron chi connectivity index (χ1n) is 8.31. The molecule has 3 aromatic rings. The summed E-state index contributed by atoms with van der Waals surface area (Å²) in [5.41, 5.74) is -0.526. The monoisotopic (exact) mass is 553 g/mol. The van der Waals surface area contributed by atoms with Gasteiger partial charge in [-0.2, -0.15) is 18.2 Å². The average molecular weight is 553 g/mol. The lowest BCUT2D eigenvalue weighted by Gasteiger charge is -2.16. The summed E-state index contributed by atoms with van der Waals surface area (Å²) in [4.78, 5) is 16.7. The van der Waals surface area contributed by atoms with Gasteiger partial charge in [0, 0.05) is 19.7 Å². The van der Waals surface area contributed by atoms with Gasteiger partial charge in [0.1, 0.15) is 5.76 Å². The molecular formula is C18H15F3IN3O4S. The van der Waals surface area contributed by atoms with Crippen LogP contribution in [0.4, 0.5) is 19.0 Å². The highest BCUT2D eigenvalue weighted by molar-refractivity contribution is 14.1. The number of pyridine rings is 1. The van der Waals surface area contributed by atoms with Crippen LogP contribution in [0.1, 0.15) is 15.9 Å². The second-order valence-electron chi connectivity index (χ2n) is 6.34. The minimum atomic E-state index is -4.50. The summed E-state index contributed by atoms with van der Waals surface area (Å²) in [7, 11) is -0.875. The van der Waals surface area contributed by atoms with Gasteiger partial charge in [-0.15, -0.1) is 0 Å². The molecule has 0 aliphatic rings. The van der Waals surface area contributed by atoms with Crippen molar-refractivity contribution in [2.24, 2.45) is 0 Å². The largest absolute Gasteiger partial charge is 0.437 e. The van der Waals surface area contributed by atoms with Crippen molar-refractivity contribution in [2.75, 3.05) is 24.7 Å². The van der Waals surface area contributed by atoms with E-state index in [-0.39, 0.29) is 28.4 Å². The fourth-order valence-electron chi connectivity index (χ4n) is 2.73. The molecule has 0 bridgehead atoms. The molecule has 0 spiro atoms. The van der Waals surface area contributed by atoms with E-state index < -0.39 is 27.7 Å². The zero-order chi connectivity index (χ0) is 22.4. The van der Waals surface area contributed by atoms with Crippen LogP contribution in [0.15, 0.2) is 34.7 Å². The number of hydrogen-bond donors (Lipinski definition) is 1. The minimum absolute atomic E-state index is 0.0191. The number of aromatic nitrogens is 1. The summed E-state index contributed by atoms with van der Waals surface area (Å²) in [5.74, 6) is -0.396. The average Bonchev–Trinajstić information content (AvgIpc) is 3.03. The van der Waals surface area contributed by atoms with Crippen LogP contribution in [0, 0.1) is 3.57 Å². The molecule has 0 saturated heterocycles. The van der Waals surface area contributed by atoms with Gasteiger partial charge in [0.25, 0.3) is 5.91 Å². The van der Waals surface area contributed by atoms with E-state index >= 15 is 0 Å². The van der Waals surface area contributed by atoms with E-state index in [1.807, 2.05) is 22.6 Å². The van der Waals surface area contributed by atoms with E-state index in [1.165, 1.54) is 26.2 Å². The summed E-state index contributed by atoms with van der Waals surface area (Å²) in [6.45, 7) is 0. The number of sulfonamides is 1. The number of furan rings is 1. The lowest BCUT2D eigenvalue weighted by atomic mass is 10.0. The first-order valence-corrected chi connectivity index (χ1v) is 11.2. The number of alkyl halides is 3. The Bertz CT molecular complexity index is 1240. The van der Waals surface area contributed by atoms with E-state index in [1.54, 1.807) is 6.07 Å². The second kappa shape index (κ2) is 7.72. The van der Waals surface area contributed by atoms with Gasteiger partial charge in [-0.25, -0.2) is 8.42 Å². The van der Waals surface area contributed by atoms with Gasteiger partial charge in [0.15, 0.2) is 5.82 Å². The molecule has 1 amide bonds. The summed E-state index contributed by atoms with van der Waals surface area (Å²) in [5, 5.41) is 2.78. The Kier molecular flexibility index (Phi) is 5.75. The number of amides is 1. The molecule has 0 radical (unpaired) electrons. The normalized spacial score (nSPS) is 12.2. The molecule has 0 aliphatic carbocycles. The predicted molar refractivity (Wildman–Crippen MR) is 114 cm³/mol. The van der Waals surface area contributed by atoms with Crippen LogP contribution >= 0.6 is 22.6 Å². The van der Waals surface area contributed by atoms with Crippen molar-refractivity contribution in [3.8, 4) is 11.3 Å². The summed E-state index contributed by atoms with van der Waals surface area (Å²) in [6, 6.07) is 5.71. The molecule has 0 unspecified atom stereocenters. The van der Waals surface area contributed by atoms with E-state index in [2.05, 4.69) is 10.3 Å². The number of anilines is 1. The lowest BCUT2D eigenvalue weighted by molar-refractivity contribution is -0.137. The van der Waals surface area contributed by atoms with Crippen molar-refractivity contribution in [1.82, 2.24) is 10.3 Å². The lowest BCUT2D eigenvalue weighted by Crippen LogP contribution is -2.26. The summed E-state index contributed by atoms with van der Waals surface area (Å²) < 4.78 is 69.5. The maximum atomic E-state index is 12.9. The van der Waals surface area contributed by atoms with Crippen LogP contribution in [0.3, 0.4) is 0 Å². The SMILES string of the molecule is CNC(=O)c1c(-c2ccc(C(F)(F)F)cc2)oc2nc(N(C)S(C)(=O)=O)c(I)cc12. The highest BCUT2D eigenvalue weighted by Crippen LogP contribution is 2.37. The number of carbonyl (C=O) groups is 1. The zero-order valence-electron chi connectivity index (χ0n) is 15.8. The van der Waals surface area contributed by atoms with Crippen LogP contribution in [0.5, 0.6) is 0 Å². The molecule has 2 heterocycles. The molecule has 1 aromatic carbocycles. The number of nitrogens with zero attached hydrogens (tertiary/aromatic N) is 2. The Morgan fingerprint density at radius 3 is 2.33 bits per heavy atom. The fraction of sp³-hybridized carbons (Fsp3) is 0.222. The van der Waals surface area contributed by atoms with Crippen LogP contribution in [0.25, 0.3) is 22.4 Å². The molecule has 12 heteroatoms. The zero-order valence-corrected chi connectivity index (χ0v) is 18.8. The molecule has 0 saturated carbocycles. The number of hydrogen-bond acceptors (Lipinski definition) is 5. The highest BCUT2D eigenvalue weighted by atomic mass is 127. The molecule has 30 heavy (non-hydrogen) atoms. The van der Waals surface area contributed by atoms with Gasteiger partial charge in [0.2, 0.25) is 15.7 Å². The van der Waals surface area contributed by atoms with Gasteiger partial charge < -0.3 is 9.73 Å². The topological polar surface area (TPSA) is 92.5 Å². The van der Waals surface area contributed by atoms with Crippen molar-refractivity contribution < 1.29 is 30.8 Å². The van der Waals surface area contributed by atoms with Crippen molar-refractivity contribution >= 4 is 55.4 Å². The molecule has 3 rings (SSSR count). The van der Waals surface area contributed by atoms with Crippen LogP contribution in [-0.4, -0.2) is 39.7 Å². The Labute approximate surface area is 183 Å². The molecule has 0 fully saturated rings. The first kappa shape index (κ1) is 22.3. The van der Waals surface area contributed by atoms with Gasteiger partial charge in [-0.3, -0.25) is 9.10 Å². The maximum Gasteiger partial charge on any atom is 0.416 e. The van der Waals surface area contributed by atoms with E-state index in [9.17, 15) is 26.4 Å². The number of halogens is 4. The maximum absolute atomic E-state index is 12.9. The van der Waals surface area contributed by atoms with Crippen LogP contribution < -0.4 is 9.62 Å². The Morgan fingerprint density at radius 1 is 1.23 bits per heavy atom. The number of rotatable bonds is 4. The molecular weight excluding hydrogens is 538 g/mol. The van der Waals surface area contributed by atoms with Gasteiger partial charge in [-0.1, -0.05) is 12.1 Å². The second-order valence-corrected chi connectivity index (χ2v) is 9.51. The quantitative estimate of drug-likeness (QED) is 0.496. The first-order chi connectivity index (χ1) is 13.8. The third-order valence-electron chi connectivity index (χ3n) is 4.34. The molecule has 0 aliphatic heterocycles. The van der Waals surface area contributed by atoms with Crippen molar-refractivity contribution in [1.29, 1.82) is 0 Å². The molecule has 2 aromatic heterocycles. The van der Waals surface area contributed by atoms with Gasteiger partial charge >= 0.3 is 6.18 Å². The Balaban J connectivity index is 2.25. The minimum Gasteiger partial charge on any atom is -0.437 e. The number of carbonyl (C=O) groups excluding carboxylic acids is 1. The standard InChI is InChI=1S/C18H15F3IN3O4S/c1-23-16(26)13-11-8-12(22)15(25(2)30(3,27)28)24-17(11)29-14(13)9-4-6-10(7-5-9)18(19,20)21/h4-8H,1-3H3,(H,23,26). The van der Waals surface area contributed by atoms with Gasteiger partial charge in [-0.05, 0) is 40.8 Å². The summed E-state index contributed by atoms with van der Waals surface area (Å²) >= 11 is 1.89. The predicted octanol–water partition coefficient (Wildman–Crippen LogP) is 3.87. The third-order valence-corrected chi connectivity index (χ3v) is 6.30. The van der Waals surface area contributed by atoms with E-state index in [0.717, 1.165) is 22.7 Å². The Hall–Kier alpha value is -2.35. The van der Waals surface area contributed by atoms with E-state index in [0.29, 0.717) is 8.96 Å². The summed E-state index contributed by atoms with van der Waals surface area (Å²) in [6.07, 6.45) is -3.49. The fourth-order valence-corrected chi connectivity index (χ4v) is 4.14. The van der Waals surface area contributed by atoms with E-state index in [4.69, 9.17) is 4.42 Å². The number of benzene rings is 1. The third kappa shape index (κ3) is 4.10. The van der Waals surface area contributed by atoms with Gasteiger partial charge in [0.05, 0.1) is 26.3 Å². The number of fused-ring (bicyclic) bond motifs is 1. The molecule has 7 nitrogen and oxygen atoms in total. The number of nitrogens with one attached hydrogen (secondary N) is 1. The van der Waals surface area contributed by atoms with Crippen molar-refractivity contribution in [3.63, 3.8) is 0 Å². The van der Waals surface area contributed by atoms with Crippen molar-refractivity contribution in [3.05, 3.63) is 45.0 Å². The molecule has 160 valence electrons. The van der Waals surface area contributed by atoms with Crippen LogP contribution in [0.2, 0.25) is 0 Å².